The Morgan fingerprint density at radius 3 is 2.31 bits per heavy atom. The Labute approximate surface area is 191 Å². The van der Waals surface area contributed by atoms with Crippen LogP contribution < -0.4 is 15.6 Å². The van der Waals surface area contributed by atoms with Gasteiger partial charge in [0, 0.05) is 15.6 Å². The third-order valence-corrected chi connectivity index (χ3v) is 5.65. The molecule has 0 aromatic heterocycles. The molecule has 3 aromatic rings. The lowest BCUT2D eigenvalue weighted by Gasteiger charge is -2.11. The van der Waals surface area contributed by atoms with Crippen LogP contribution in [0, 0.1) is 3.57 Å². The molecule has 0 fully saturated rings. The monoisotopic (exact) mass is 564 g/mol. The van der Waals surface area contributed by atoms with Crippen LogP contribution in [0.4, 0.5) is 0 Å². The fourth-order valence-electron chi connectivity index (χ4n) is 2.58. The van der Waals surface area contributed by atoms with Crippen LogP contribution in [0.3, 0.4) is 0 Å². The minimum atomic E-state index is -0.416. The van der Waals surface area contributed by atoms with Crippen molar-refractivity contribution in [1.29, 1.82) is 0 Å². The van der Waals surface area contributed by atoms with Crippen LogP contribution in [0.1, 0.15) is 26.3 Å². The Balaban J connectivity index is 1.54. The van der Waals surface area contributed by atoms with Gasteiger partial charge in [-0.2, -0.15) is 0 Å². The van der Waals surface area contributed by atoms with Gasteiger partial charge in [0.15, 0.2) is 0 Å². The number of carbonyl (C=O) groups excluding carboxylic acids is 2. The van der Waals surface area contributed by atoms with Gasteiger partial charge in [-0.25, -0.2) is 0 Å². The largest absolute Gasteiger partial charge is 0.492 e. The van der Waals surface area contributed by atoms with Gasteiger partial charge >= 0.3 is 0 Å². The van der Waals surface area contributed by atoms with Gasteiger partial charge in [-0.1, -0.05) is 42.5 Å². The van der Waals surface area contributed by atoms with E-state index in [0.29, 0.717) is 28.0 Å². The molecule has 3 rings (SSSR count). The molecular weight excluding hydrogens is 547 g/mol. The van der Waals surface area contributed by atoms with Crippen molar-refractivity contribution < 1.29 is 14.3 Å². The number of carbonyl (C=O) groups is 2. The van der Waals surface area contributed by atoms with Crippen LogP contribution in [-0.2, 0) is 6.42 Å². The maximum Gasteiger partial charge on any atom is 0.270 e. The second kappa shape index (κ2) is 10.4. The van der Waals surface area contributed by atoms with Crippen molar-refractivity contribution in [1.82, 2.24) is 10.9 Å². The molecule has 0 aliphatic carbocycles. The molecule has 148 valence electrons. The number of nitrogens with one attached hydrogen (secondary N) is 2. The summed E-state index contributed by atoms with van der Waals surface area (Å²) in [5.74, 6) is -0.135. The summed E-state index contributed by atoms with van der Waals surface area (Å²) in [5.41, 5.74) is 6.96. The molecule has 0 saturated heterocycles. The first kappa shape index (κ1) is 21.3. The highest BCUT2D eigenvalue weighted by Crippen LogP contribution is 2.26. The van der Waals surface area contributed by atoms with Gasteiger partial charge in [-0.15, -0.1) is 0 Å². The van der Waals surface area contributed by atoms with Gasteiger partial charge in [-0.05, 0) is 74.4 Å². The third-order valence-electron chi connectivity index (χ3n) is 4.09. The van der Waals surface area contributed by atoms with E-state index in [1.807, 2.05) is 30.3 Å². The molecule has 0 bridgehead atoms. The molecule has 0 spiro atoms. The highest BCUT2D eigenvalue weighted by molar-refractivity contribution is 14.1. The highest BCUT2D eigenvalue weighted by Gasteiger charge is 2.13. The first-order chi connectivity index (χ1) is 14.0. The van der Waals surface area contributed by atoms with Crippen LogP contribution >= 0.6 is 38.5 Å². The quantitative estimate of drug-likeness (QED) is 0.335. The minimum Gasteiger partial charge on any atom is -0.492 e. The summed E-state index contributed by atoms with van der Waals surface area (Å²) in [6.07, 6.45) is 0.792. The molecule has 29 heavy (non-hydrogen) atoms. The SMILES string of the molecule is O=C(NNC(=O)c1ccccc1I)c1ccc(OCCc2ccccc2)c(Br)c1. The van der Waals surface area contributed by atoms with Crippen LogP contribution in [0.25, 0.3) is 0 Å². The van der Waals surface area contributed by atoms with E-state index in [-0.39, 0.29) is 5.91 Å². The number of benzene rings is 3. The third kappa shape index (κ3) is 6.04. The number of halogens is 2. The lowest BCUT2D eigenvalue weighted by atomic mass is 10.2. The topological polar surface area (TPSA) is 67.4 Å². The van der Waals surface area contributed by atoms with Crippen LogP contribution in [0.2, 0.25) is 0 Å². The van der Waals surface area contributed by atoms with Gasteiger partial charge in [0.25, 0.3) is 11.8 Å². The molecule has 0 atom stereocenters. The maximum atomic E-state index is 12.3. The van der Waals surface area contributed by atoms with Crippen molar-refractivity contribution in [2.45, 2.75) is 6.42 Å². The van der Waals surface area contributed by atoms with E-state index in [9.17, 15) is 9.59 Å². The summed E-state index contributed by atoms with van der Waals surface area (Å²) in [6.45, 7) is 0.528. The Morgan fingerprint density at radius 2 is 1.59 bits per heavy atom. The second-order valence-corrected chi connectivity index (χ2v) is 8.13. The molecule has 2 N–H and O–H groups in total. The molecule has 7 heteroatoms. The molecule has 0 saturated carbocycles. The zero-order valence-electron chi connectivity index (χ0n) is 15.3. The van der Waals surface area contributed by atoms with Crippen molar-refractivity contribution >= 4 is 50.3 Å². The Hall–Kier alpha value is -2.39. The summed E-state index contributed by atoms with van der Waals surface area (Å²) < 4.78 is 7.27. The van der Waals surface area contributed by atoms with Crippen LogP contribution in [-0.4, -0.2) is 18.4 Å². The Kier molecular flexibility index (Phi) is 7.65. The average Bonchev–Trinajstić information content (AvgIpc) is 2.74. The molecule has 0 unspecified atom stereocenters. The molecule has 5 nitrogen and oxygen atoms in total. The smallest absolute Gasteiger partial charge is 0.270 e. The number of hydrogen-bond donors (Lipinski definition) is 2. The van der Waals surface area contributed by atoms with Crippen LogP contribution in [0.15, 0.2) is 77.3 Å². The number of amides is 2. The summed E-state index contributed by atoms with van der Waals surface area (Å²) in [7, 11) is 0. The number of ether oxygens (including phenoxy) is 1. The fourth-order valence-corrected chi connectivity index (χ4v) is 3.71. The molecule has 0 aliphatic rings. The molecule has 0 heterocycles. The predicted octanol–water partition coefficient (Wildman–Crippen LogP) is 4.75. The first-order valence-corrected chi connectivity index (χ1v) is 10.7. The normalized spacial score (nSPS) is 10.3. The molecule has 0 radical (unpaired) electrons. The summed E-state index contributed by atoms with van der Waals surface area (Å²) in [6, 6.07) is 22.2. The zero-order valence-corrected chi connectivity index (χ0v) is 19.1. The highest BCUT2D eigenvalue weighted by atomic mass is 127. The van der Waals surface area contributed by atoms with Crippen LogP contribution in [0.5, 0.6) is 5.75 Å². The number of rotatable bonds is 6. The predicted molar refractivity (Wildman–Crippen MR) is 124 cm³/mol. The van der Waals surface area contributed by atoms with Crippen molar-refractivity contribution in [2.24, 2.45) is 0 Å². The summed E-state index contributed by atoms with van der Waals surface area (Å²) in [4.78, 5) is 24.5. The van der Waals surface area contributed by atoms with E-state index < -0.39 is 5.91 Å². The number of hydrogen-bond acceptors (Lipinski definition) is 3. The Bertz CT molecular complexity index is 1010. The first-order valence-electron chi connectivity index (χ1n) is 8.86. The maximum absolute atomic E-state index is 12.3. The molecule has 3 aromatic carbocycles. The van der Waals surface area contributed by atoms with E-state index in [2.05, 4.69) is 61.5 Å². The molecule has 2 amide bonds. The minimum absolute atomic E-state index is 0.372. The van der Waals surface area contributed by atoms with E-state index in [4.69, 9.17) is 4.74 Å². The number of hydrazine groups is 1. The zero-order chi connectivity index (χ0) is 20.6. The van der Waals surface area contributed by atoms with Crippen molar-refractivity contribution in [3.8, 4) is 5.75 Å². The van der Waals surface area contributed by atoms with E-state index in [1.165, 1.54) is 5.56 Å². The molecular formula is C22H18BrIN2O3. The summed E-state index contributed by atoms with van der Waals surface area (Å²) in [5, 5.41) is 0. The Morgan fingerprint density at radius 1 is 0.897 bits per heavy atom. The van der Waals surface area contributed by atoms with E-state index in [1.54, 1.807) is 30.3 Å². The van der Waals surface area contributed by atoms with Gasteiger partial charge in [-0.3, -0.25) is 20.4 Å². The van der Waals surface area contributed by atoms with E-state index >= 15 is 0 Å². The van der Waals surface area contributed by atoms with Gasteiger partial charge < -0.3 is 4.74 Å². The van der Waals surface area contributed by atoms with E-state index in [0.717, 1.165) is 9.99 Å². The average molecular weight is 565 g/mol. The fraction of sp³-hybridized carbons (Fsp3) is 0.0909. The lowest BCUT2D eigenvalue weighted by molar-refractivity contribution is 0.0846. The van der Waals surface area contributed by atoms with Gasteiger partial charge in [0.05, 0.1) is 16.6 Å². The molecule has 0 aliphatic heterocycles. The van der Waals surface area contributed by atoms with Crippen molar-refractivity contribution in [2.75, 3.05) is 6.61 Å². The van der Waals surface area contributed by atoms with Gasteiger partial charge in [0.2, 0.25) is 0 Å². The van der Waals surface area contributed by atoms with Gasteiger partial charge in [0.1, 0.15) is 5.75 Å². The van der Waals surface area contributed by atoms with Crippen molar-refractivity contribution in [3.05, 3.63) is 97.5 Å². The summed E-state index contributed by atoms with van der Waals surface area (Å²) >= 11 is 5.51. The second-order valence-electron chi connectivity index (χ2n) is 6.12. The van der Waals surface area contributed by atoms with Crippen molar-refractivity contribution in [3.63, 3.8) is 0 Å². The lowest BCUT2D eigenvalue weighted by Crippen LogP contribution is -2.41. The standard InChI is InChI=1S/C22H18BrIN2O3/c23-18-14-16(10-11-20(18)29-13-12-15-6-2-1-3-7-15)21(27)25-26-22(28)17-8-4-5-9-19(17)24/h1-11,14H,12-13H2,(H,25,27)(H,26,28).